The van der Waals surface area contributed by atoms with Gasteiger partial charge in [0.15, 0.2) is 11.5 Å². The largest absolute Gasteiger partial charge is 0.493 e. The minimum atomic E-state index is -1.21. The van der Waals surface area contributed by atoms with E-state index in [0.717, 1.165) is 30.4 Å². The molecular weight excluding hydrogens is 558 g/mol. The van der Waals surface area contributed by atoms with E-state index in [2.05, 4.69) is 24.5 Å². The van der Waals surface area contributed by atoms with Crippen molar-refractivity contribution in [2.75, 3.05) is 26.1 Å². The topological polar surface area (TPSA) is 106 Å². The summed E-state index contributed by atoms with van der Waals surface area (Å²) < 4.78 is 17.4. The first kappa shape index (κ1) is 30.2. The van der Waals surface area contributed by atoms with Gasteiger partial charge in [-0.3, -0.25) is 14.4 Å². The molecule has 234 valence electrons. The van der Waals surface area contributed by atoms with Crippen molar-refractivity contribution in [3.05, 3.63) is 65.7 Å². The van der Waals surface area contributed by atoms with E-state index in [0.29, 0.717) is 35.4 Å². The van der Waals surface area contributed by atoms with E-state index in [1.165, 1.54) is 0 Å². The van der Waals surface area contributed by atoms with E-state index in [9.17, 15) is 14.4 Å². The molecular formula is C35H43N3O6. The second kappa shape index (κ2) is 11.9. The van der Waals surface area contributed by atoms with Crippen LogP contribution in [0.3, 0.4) is 0 Å². The van der Waals surface area contributed by atoms with Gasteiger partial charge in [0, 0.05) is 18.3 Å². The van der Waals surface area contributed by atoms with Crippen LogP contribution in [0.1, 0.15) is 44.2 Å². The molecule has 9 nitrogen and oxygen atoms in total. The van der Waals surface area contributed by atoms with Crippen molar-refractivity contribution in [3.8, 4) is 11.5 Å². The van der Waals surface area contributed by atoms with Crippen molar-refractivity contribution in [1.82, 2.24) is 10.2 Å². The van der Waals surface area contributed by atoms with E-state index in [1.54, 1.807) is 19.1 Å². The minimum absolute atomic E-state index is 0.0208. The van der Waals surface area contributed by atoms with Gasteiger partial charge in [0.05, 0.1) is 32.2 Å². The zero-order valence-electron chi connectivity index (χ0n) is 26.2. The summed E-state index contributed by atoms with van der Waals surface area (Å²) in [6.07, 6.45) is 6.73. The van der Waals surface area contributed by atoms with Gasteiger partial charge in [0.25, 0.3) is 0 Å². The molecule has 8 atom stereocenters. The maximum absolute atomic E-state index is 14.4. The van der Waals surface area contributed by atoms with Crippen molar-refractivity contribution in [3.63, 3.8) is 0 Å². The van der Waals surface area contributed by atoms with Crippen LogP contribution < -0.4 is 20.1 Å². The smallest absolute Gasteiger partial charge is 0.246 e. The van der Waals surface area contributed by atoms with Crippen molar-refractivity contribution in [1.29, 1.82) is 0 Å². The molecule has 3 aliphatic heterocycles. The number of benzene rings is 2. The molecule has 3 heterocycles. The number of ether oxygens (including phenoxy) is 3. The lowest BCUT2D eigenvalue weighted by atomic mass is 9.73. The van der Waals surface area contributed by atoms with E-state index in [1.807, 2.05) is 61.5 Å². The number of carbonyl (C=O) groups excluding carboxylic acids is 3. The summed E-state index contributed by atoms with van der Waals surface area (Å²) in [6.45, 7) is 6.67. The first-order chi connectivity index (χ1) is 21.2. The highest BCUT2D eigenvalue weighted by atomic mass is 16.5. The highest BCUT2D eigenvalue weighted by Gasteiger charge is 2.72. The molecule has 44 heavy (non-hydrogen) atoms. The van der Waals surface area contributed by atoms with Crippen molar-refractivity contribution < 1.29 is 28.6 Å². The Morgan fingerprint density at radius 2 is 1.84 bits per heavy atom. The van der Waals surface area contributed by atoms with E-state index < -0.39 is 29.6 Å². The molecule has 0 aromatic heterocycles. The third kappa shape index (κ3) is 5.15. The Morgan fingerprint density at radius 3 is 2.59 bits per heavy atom. The molecule has 6 rings (SSSR count). The molecule has 1 aliphatic carbocycles. The number of hydrogen-bond donors (Lipinski definition) is 2. The van der Waals surface area contributed by atoms with Crippen LogP contribution in [0.2, 0.25) is 0 Å². The number of fused-ring (bicyclic) bond motifs is 1. The lowest BCUT2D eigenvalue weighted by Gasteiger charge is -2.38. The van der Waals surface area contributed by atoms with Gasteiger partial charge >= 0.3 is 0 Å². The first-order valence-corrected chi connectivity index (χ1v) is 15.7. The van der Waals surface area contributed by atoms with E-state index >= 15 is 0 Å². The summed E-state index contributed by atoms with van der Waals surface area (Å²) in [5, 5.41) is 6.33. The zero-order chi connectivity index (χ0) is 31.2. The molecule has 2 aromatic rings. The van der Waals surface area contributed by atoms with Gasteiger partial charge in [-0.05, 0) is 67.0 Å². The fourth-order valence-corrected chi connectivity index (χ4v) is 7.79. The number of nitrogens with one attached hydrogen (secondary N) is 2. The summed E-state index contributed by atoms with van der Waals surface area (Å²) >= 11 is 0. The predicted octanol–water partition coefficient (Wildman–Crippen LogP) is 4.28. The molecule has 1 spiro atoms. The van der Waals surface area contributed by atoms with Crippen LogP contribution >= 0.6 is 0 Å². The third-order valence-corrected chi connectivity index (χ3v) is 10.3. The fourth-order valence-electron chi connectivity index (χ4n) is 7.79. The van der Waals surface area contributed by atoms with Crippen LogP contribution in [0.5, 0.6) is 11.5 Å². The lowest BCUT2D eigenvalue weighted by Crippen LogP contribution is -2.58. The number of amides is 3. The predicted molar refractivity (Wildman–Crippen MR) is 166 cm³/mol. The maximum Gasteiger partial charge on any atom is 0.246 e. The van der Waals surface area contributed by atoms with Crippen LogP contribution in [-0.2, 0) is 25.5 Å². The molecule has 2 aromatic carbocycles. The number of carbonyl (C=O) groups is 3. The van der Waals surface area contributed by atoms with Crippen LogP contribution in [0.25, 0.3) is 0 Å². The second-order valence-corrected chi connectivity index (χ2v) is 12.9. The molecule has 0 radical (unpaired) electrons. The zero-order valence-corrected chi connectivity index (χ0v) is 26.2. The van der Waals surface area contributed by atoms with Crippen LogP contribution in [0.15, 0.2) is 54.6 Å². The number of likely N-dealkylation sites (tertiary alicyclic amines) is 1. The Labute approximate surface area is 259 Å². The summed E-state index contributed by atoms with van der Waals surface area (Å²) in [7, 11) is 3.17. The second-order valence-electron chi connectivity index (χ2n) is 12.9. The summed E-state index contributed by atoms with van der Waals surface area (Å²) in [4.78, 5) is 44.1. The average Bonchev–Trinajstić information content (AvgIpc) is 3.65. The monoisotopic (exact) mass is 601 g/mol. The quantitative estimate of drug-likeness (QED) is 0.416. The Kier molecular flexibility index (Phi) is 8.18. The molecule has 2 bridgehead atoms. The molecule has 0 unspecified atom stereocenters. The molecule has 3 fully saturated rings. The molecule has 2 saturated heterocycles. The number of nitrogens with zero attached hydrogens (tertiary/aromatic N) is 1. The first-order valence-electron chi connectivity index (χ1n) is 15.7. The molecule has 3 amide bonds. The van der Waals surface area contributed by atoms with E-state index in [4.69, 9.17) is 14.2 Å². The molecule has 4 aliphatic rings. The van der Waals surface area contributed by atoms with Gasteiger partial charge in [-0.1, -0.05) is 57.0 Å². The summed E-state index contributed by atoms with van der Waals surface area (Å²) in [6, 6.07) is 12.4. The van der Waals surface area contributed by atoms with Crippen molar-refractivity contribution in [2.24, 2.45) is 23.7 Å². The maximum atomic E-state index is 14.4. The van der Waals surface area contributed by atoms with Crippen molar-refractivity contribution >= 4 is 23.4 Å². The Balaban J connectivity index is 1.30. The Hall–Kier alpha value is -3.85. The van der Waals surface area contributed by atoms with Crippen LogP contribution in [-0.4, -0.2) is 67.2 Å². The SMILES string of the molecule is COc1ccc(CCN2C(=O)[C@H]3[C@H](C(=O)Nc4cccc(C)c4)[C@H]4C=C[C@@]3(O4)[C@@H]2C(=O)N[C@@H]2CCC[C@@H](C)[C@@H]2C)cc1OC. The van der Waals surface area contributed by atoms with Crippen LogP contribution in [0, 0.1) is 30.6 Å². The van der Waals surface area contributed by atoms with E-state index in [-0.39, 0.29) is 30.3 Å². The van der Waals surface area contributed by atoms with Gasteiger partial charge in [-0.2, -0.15) is 0 Å². The summed E-state index contributed by atoms with van der Waals surface area (Å²) in [5.74, 6) is -0.234. The summed E-state index contributed by atoms with van der Waals surface area (Å²) in [5.41, 5.74) is 1.42. The standard InChI is InChI=1S/C35H43N3O6/c1-20-8-6-10-24(18-20)36-32(39)29-27-14-16-35(44-27)30(29)34(41)38(17-15-23-12-13-26(42-4)28(19-23)43-5)31(35)33(40)37-25-11-7-9-21(2)22(25)3/h6,8,10,12-14,16,18-19,21-22,25,27,29-31H,7,9,11,15,17H2,1-5H3,(H,36,39)(H,37,40)/t21-,22+,25-,27-,29-,30-,31+,35+/m1/s1. The van der Waals surface area contributed by atoms with Gasteiger partial charge in [0.1, 0.15) is 11.6 Å². The normalized spacial score (nSPS) is 32.0. The molecule has 2 N–H and O–H groups in total. The number of aryl methyl sites for hydroxylation is 1. The average molecular weight is 602 g/mol. The third-order valence-electron chi connectivity index (χ3n) is 10.3. The number of rotatable bonds is 9. The van der Waals surface area contributed by atoms with Gasteiger partial charge < -0.3 is 29.7 Å². The number of anilines is 1. The highest BCUT2D eigenvalue weighted by Crippen LogP contribution is 2.55. The highest BCUT2D eigenvalue weighted by molar-refractivity contribution is 6.02. The van der Waals surface area contributed by atoms with Crippen molar-refractivity contribution in [2.45, 2.75) is 70.2 Å². The number of hydrogen-bond acceptors (Lipinski definition) is 6. The number of methoxy groups -OCH3 is 2. The molecule has 9 heteroatoms. The minimum Gasteiger partial charge on any atom is -0.493 e. The van der Waals surface area contributed by atoms with Gasteiger partial charge in [0.2, 0.25) is 17.7 Å². The fraction of sp³-hybridized carbons (Fsp3) is 0.514. The Morgan fingerprint density at radius 1 is 1.05 bits per heavy atom. The van der Waals surface area contributed by atoms with Gasteiger partial charge in [-0.25, -0.2) is 0 Å². The lowest BCUT2D eigenvalue weighted by molar-refractivity contribution is -0.141. The molecule has 1 saturated carbocycles. The van der Waals surface area contributed by atoms with Crippen LogP contribution in [0.4, 0.5) is 5.69 Å². The Bertz CT molecular complexity index is 1470. The van der Waals surface area contributed by atoms with Gasteiger partial charge in [-0.15, -0.1) is 0 Å².